The van der Waals surface area contributed by atoms with Gasteiger partial charge in [0.15, 0.2) is 0 Å². The summed E-state index contributed by atoms with van der Waals surface area (Å²) in [6.07, 6.45) is 0. The summed E-state index contributed by atoms with van der Waals surface area (Å²) in [6, 6.07) is 2.45. The Balaban J connectivity index is 3.37. The lowest BCUT2D eigenvalue weighted by atomic mass is 10.1. The van der Waals surface area contributed by atoms with Crippen LogP contribution in [-0.2, 0) is 21.3 Å². The number of halogens is 1. The molecule has 5 nitrogen and oxygen atoms in total. The highest BCUT2D eigenvalue weighted by atomic mass is 32.2. The van der Waals surface area contributed by atoms with Crippen molar-refractivity contribution in [2.45, 2.75) is 38.3 Å². The zero-order valence-electron chi connectivity index (χ0n) is 12.9. The maximum atomic E-state index is 13.9. The molecule has 0 fully saturated rings. The Morgan fingerprint density at radius 2 is 2.00 bits per heavy atom. The van der Waals surface area contributed by atoms with E-state index in [0.29, 0.717) is 5.56 Å². The van der Waals surface area contributed by atoms with E-state index < -0.39 is 15.8 Å². The van der Waals surface area contributed by atoms with Gasteiger partial charge in [0.1, 0.15) is 5.82 Å². The molecule has 1 rings (SSSR count). The van der Waals surface area contributed by atoms with Crippen LogP contribution in [0, 0.1) is 12.7 Å². The number of methoxy groups -OCH3 is 1. The molecular weight excluding hydrogens is 295 g/mol. The number of sulfonamides is 1. The molecule has 0 radical (unpaired) electrons. The average molecular weight is 318 g/mol. The van der Waals surface area contributed by atoms with Gasteiger partial charge in [-0.15, -0.1) is 0 Å². The second kappa shape index (κ2) is 7.31. The molecule has 0 amide bonds. The van der Waals surface area contributed by atoms with Gasteiger partial charge in [-0.05, 0) is 38.5 Å². The fourth-order valence-corrected chi connectivity index (χ4v) is 3.96. The summed E-state index contributed by atoms with van der Waals surface area (Å²) in [5.74, 6) is -0.563. The van der Waals surface area contributed by atoms with Crippen LogP contribution in [0.4, 0.5) is 4.39 Å². The van der Waals surface area contributed by atoms with Crippen LogP contribution >= 0.6 is 0 Å². The number of nitrogens with two attached hydrogens (primary N) is 1. The number of hydrogen-bond donors (Lipinski definition) is 1. The highest BCUT2D eigenvalue weighted by molar-refractivity contribution is 7.89. The molecule has 0 aliphatic heterocycles. The molecule has 0 saturated heterocycles. The van der Waals surface area contributed by atoms with E-state index in [1.807, 2.05) is 0 Å². The van der Waals surface area contributed by atoms with Gasteiger partial charge in [0.2, 0.25) is 10.0 Å². The van der Waals surface area contributed by atoms with Gasteiger partial charge in [-0.1, -0.05) is 0 Å². The first-order valence-corrected chi connectivity index (χ1v) is 8.19. The number of rotatable bonds is 7. The molecule has 7 heteroatoms. The number of hydrogen-bond acceptors (Lipinski definition) is 4. The van der Waals surface area contributed by atoms with Crippen molar-refractivity contribution in [1.82, 2.24) is 4.31 Å². The first-order valence-electron chi connectivity index (χ1n) is 6.75. The highest BCUT2D eigenvalue weighted by Crippen LogP contribution is 2.25. The van der Waals surface area contributed by atoms with Crippen LogP contribution < -0.4 is 5.73 Å². The second-order valence-electron chi connectivity index (χ2n) is 5.11. The SMILES string of the molecule is COCCN(C(C)C)S(=O)(=O)c1cc(CN)cc(F)c1C. The van der Waals surface area contributed by atoms with Crippen LogP contribution in [0.2, 0.25) is 0 Å². The van der Waals surface area contributed by atoms with Crippen LogP contribution in [0.15, 0.2) is 17.0 Å². The molecule has 2 N–H and O–H groups in total. The van der Waals surface area contributed by atoms with Crippen LogP contribution in [-0.4, -0.2) is 39.0 Å². The molecule has 0 saturated carbocycles. The summed E-state index contributed by atoms with van der Waals surface area (Å²) >= 11 is 0. The molecule has 0 atom stereocenters. The Labute approximate surface area is 125 Å². The van der Waals surface area contributed by atoms with Gasteiger partial charge in [-0.25, -0.2) is 12.8 Å². The van der Waals surface area contributed by atoms with Crippen molar-refractivity contribution in [2.75, 3.05) is 20.3 Å². The molecule has 1 aromatic rings. The smallest absolute Gasteiger partial charge is 0.243 e. The number of benzene rings is 1. The van der Waals surface area contributed by atoms with E-state index in [9.17, 15) is 12.8 Å². The predicted octanol–water partition coefficient (Wildman–Crippen LogP) is 1.64. The van der Waals surface area contributed by atoms with Crippen LogP contribution in [0.25, 0.3) is 0 Å². The molecule has 0 unspecified atom stereocenters. The van der Waals surface area contributed by atoms with Crippen LogP contribution in [0.3, 0.4) is 0 Å². The minimum Gasteiger partial charge on any atom is -0.383 e. The van der Waals surface area contributed by atoms with Gasteiger partial charge in [-0.2, -0.15) is 4.31 Å². The van der Waals surface area contributed by atoms with Crippen molar-refractivity contribution >= 4 is 10.0 Å². The van der Waals surface area contributed by atoms with Crippen molar-refractivity contribution in [3.8, 4) is 0 Å². The lowest BCUT2D eigenvalue weighted by Gasteiger charge is -2.26. The summed E-state index contributed by atoms with van der Waals surface area (Å²) < 4.78 is 45.7. The van der Waals surface area contributed by atoms with Crippen molar-refractivity contribution in [2.24, 2.45) is 5.73 Å². The van der Waals surface area contributed by atoms with Crippen molar-refractivity contribution in [1.29, 1.82) is 0 Å². The summed E-state index contributed by atoms with van der Waals surface area (Å²) in [5.41, 5.74) is 6.06. The summed E-state index contributed by atoms with van der Waals surface area (Å²) in [5, 5.41) is 0. The third-order valence-electron chi connectivity index (χ3n) is 3.27. The maximum absolute atomic E-state index is 13.9. The third-order valence-corrected chi connectivity index (χ3v) is 5.47. The Hall–Kier alpha value is -1.02. The van der Waals surface area contributed by atoms with E-state index in [-0.39, 0.29) is 36.2 Å². The molecule has 0 spiro atoms. The van der Waals surface area contributed by atoms with E-state index >= 15 is 0 Å². The molecular formula is C14H23FN2O3S. The van der Waals surface area contributed by atoms with Crippen molar-refractivity contribution in [3.05, 3.63) is 29.1 Å². The van der Waals surface area contributed by atoms with Gasteiger partial charge in [0, 0.05) is 31.8 Å². The lowest BCUT2D eigenvalue weighted by Crippen LogP contribution is -2.39. The minimum atomic E-state index is -3.80. The lowest BCUT2D eigenvalue weighted by molar-refractivity contribution is 0.171. The average Bonchev–Trinajstić information content (AvgIpc) is 2.41. The molecule has 0 heterocycles. The Morgan fingerprint density at radius 3 is 2.48 bits per heavy atom. The number of nitrogens with zero attached hydrogens (tertiary/aromatic N) is 1. The maximum Gasteiger partial charge on any atom is 0.243 e. The summed E-state index contributed by atoms with van der Waals surface area (Å²) in [4.78, 5) is -0.0345. The standard InChI is InChI=1S/C14H23FN2O3S/c1-10(2)17(5-6-20-4)21(18,19)14-8-12(9-16)7-13(15)11(14)3/h7-8,10H,5-6,9,16H2,1-4H3. The van der Waals surface area contributed by atoms with Gasteiger partial charge in [-0.3, -0.25) is 0 Å². The zero-order chi connectivity index (χ0) is 16.2. The van der Waals surface area contributed by atoms with Gasteiger partial charge in [0.25, 0.3) is 0 Å². The molecule has 120 valence electrons. The summed E-state index contributed by atoms with van der Waals surface area (Å²) in [7, 11) is -2.30. The fourth-order valence-electron chi connectivity index (χ4n) is 2.06. The predicted molar refractivity (Wildman–Crippen MR) is 79.9 cm³/mol. The van der Waals surface area contributed by atoms with Crippen LogP contribution in [0.1, 0.15) is 25.0 Å². The monoisotopic (exact) mass is 318 g/mol. The first-order chi connectivity index (χ1) is 9.75. The van der Waals surface area contributed by atoms with Crippen molar-refractivity contribution < 1.29 is 17.5 Å². The molecule has 0 bridgehead atoms. The minimum absolute atomic E-state index is 0.0345. The van der Waals surface area contributed by atoms with E-state index in [1.165, 1.54) is 30.5 Å². The van der Waals surface area contributed by atoms with E-state index in [0.717, 1.165) is 0 Å². The van der Waals surface area contributed by atoms with Gasteiger partial charge >= 0.3 is 0 Å². The zero-order valence-corrected chi connectivity index (χ0v) is 13.7. The first kappa shape index (κ1) is 18.0. The van der Waals surface area contributed by atoms with E-state index in [2.05, 4.69) is 0 Å². The van der Waals surface area contributed by atoms with E-state index in [1.54, 1.807) is 13.8 Å². The Kier molecular flexibility index (Phi) is 6.27. The molecule has 0 aliphatic carbocycles. The molecule has 1 aromatic carbocycles. The summed E-state index contributed by atoms with van der Waals surface area (Å²) in [6.45, 7) is 5.56. The molecule has 21 heavy (non-hydrogen) atoms. The normalized spacial score (nSPS) is 12.4. The molecule has 0 aliphatic rings. The van der Waals surface area contributed by atoms with Gasteiger partial charge in [0.05, 0.1) is 11.5 Å². The van der Waals surface area contributed by atoms with Crippen molar-refractivity contribution in [3.63, 3.8) is 0 Å². The van der Waals surface area contributed by atoms with Crippen LogP contribution in [0.5, 0.6) is 0 Å². The Morgan fingerprint density at radius 1 is 1.38 bits per heavy atom. The highest BCUT2D eigenvalue weighted by Gasteiger charge is 2.29. The third kappa shape index (κ3) is 4.00. The largest absolute Gasteiger partial charge is 0.383 e. The Bertz CT molecular complexity index is 588. The quantitative estimate of drug-likeness (QED) is 0.829. The van der Waals surface area contributed by atoms with E-state index in [4.69, 9.17) is 10.5 Å². The number of ether oxygens (including phenoxy) is 1. The fraction of sp³-hybridized carbons (Fsp3) is 0.571. The second-order valence-corrected chi connectivity index (χ2v) is 6.97. The molecule has 0 aromatic heterocycles. The van der Waals surface area contributed by atoms with Gasteiger partial charge < -0.3 is 10.5 Å². The topological polar surface area (TPSA) is 72.6 Å².